The molecule has 32 heavy (non-hydrogen) atoms. The summed E-state index contributed by atoms with van der Waals surface area (Å²) in [7, 11) is -3.81. The number of hydrogen-bond donors (Lipinski definition) is 1. The quantitative estimate of drug-likeness (QED) is 0.502. The molecule has 4 nitrogen and oxygen atoms in total. The van der Waals surface area contributed by atoms with E-state index in [9.17, 15) is 17.2 Å². The van der Waals surface area contributed by atoms with Gasteiger partial charge in [0.1, 0.15) is 11.6 Å². The second-order valence-corrected chi connectivity index (χ2v) is 9.65. The molecule has 0 unspecified atom stereocenters. The van der Waals surface area contributed by atoms with Crippen molar-refractivity contribution in [1.29, 1.82) is 0 Å². The molecule has 1 N–H and O–H groups in total. The predicted octanol–water partition coefficient (Wildman–Crippen LogP) is 5.87. The van der Waals surface area contributed by atoms with Crippen molar-refractivity contribution in [3.63, 3.8) is 0 Å². The van der Waals surface area contributed by atoms with Gasteiger partial charge >= 0.3 is 10.2 Å². The average Bonchev–Trinajstić information content (AvgIpc) is 2.78. The molecule has 0 spiro atoms. The summed E-state index contributed by atoms with van der Waals surface area (Å²) in [5.41, 5.74) is 3.59. The van der Waals surface area contributed by atoms with Crippen LogP contribution in [-0.2, 0) is 10.2 Å². The van der Waals surface area contributed by atoms with Crippen LogP contribution in [0.4, 0.5) is 14.5 Å². The molecule has 8 heteroatoms. The number of halogens is 3. The van der Waals surface area contributed by atoms with Crippen molar-refractivity contribution in [2.75, 3.05) is 17.8 Å². The molecule has 0 amide bonds. The van der Waals surface area contributed by atoms with Crippen LogP contribution in [0.3, 0.4) is 0 Å². The van der Waals surface area contributed by atoms with Gasteiger partial charge in [-0.2, -0.15) is 12.7 Å². The number of benzene rings is 3. The van der Waals surface area contributed by atoms with Gasteiger partial charge in [-0.05, 0) is 83.6 Å². The molecule has 1 saturated heterocycles. The summed E-state index contributed by atoms with van der Waals surface area (Å²) in [6, 6.07) is 18.5. The van der Waals surface area contributed by atoms with Gasteiger partial charge in [0.05, 0.1) is 0 Å². The highest BCUT2D eigenvalue weighted by Crippen LogP contribution is 2.33. The first-order valence-corrected chi connectivity index (χ1v) is 11.9. The topological polar surface area (TPSA) is 49.4 Å². The molecule has 3 aromatic carbocycles. The van der Waals surface area contributed by atoms with Gasteiger partial charge in [-0.25, -0.2) is 8.78 Å². The SMILES string of the molecule is O=S(=O)(Nc1ccc(Cl)cc1)N1CCCC(=C(c2ccc(F)cc2)c2ccc(F)cc2)C1. The Hall–Kier alpha value is -2.74. The van der Waals surface area contributed by atoms with Crippen LogP contribution >= 0.6 is 11.6 Å². The lowest BCUT2D eigenvalue weighted by atomic mass is 9.89. The zero-order valence-corrected chi connectivity index (χ0v) is 18.6. The third-order valence-electron chi connectivity index (χ3n) is 5.30. The van der Waals surface area contributed by atoms with Crippen LogP contribution in [0.2, 0.25) is 5.02 Å². The number of anilines is 1. The largest absolute Gasteiger partial charge is 0.301 e. The summed E-state index contributed by atoms with van der Waals surface area (Å²) < 4.78 is 57.1. The highest BCUT2D eigenvalue weighted by atomic mass is 35.5. The molecule has 3 aromatic rings. The number of piperidine rings is 1. The Morgan fingerprint density at radius 2 is 1.38 bits per heavy atom. The van der Waals surface area contributed by atoms with Gasteiger partial charge in [0.2, 0.25) is 0 Å². The van der Waals surface area contributed by atoms with Crippen molar-refractivity contribution in [2.24, 2.45) is 0 Å². The third-order valence-corrected chi connectivity index (χ3v) is 7.04. The summed E-state index contributed by atoms with van der Waals surface area (Å²) in [4.78, 5) is 0. The van der Waals surface area contributed by atoms with Crippen LogP contribution in [0.5, 0.6) is 0 Å². The van der Waals surface area contributed by atoms with Gasteiger partial charge in [-0.15, -0.1) is 0 Å². The molecule has 0 saturated carbocycles. The van der Waals surface area contributed by atoms with Crippen molar-refractivity contribution in [2.45, 2.75) is 12.8 Å². The van der Waals surface area contributed by atoms with E-state index in [1.54, 1.807) is 48.5 Å². The standard InChI is InChI=1S/C24H21ClF2N2O2S/c25-20-7-13-23(14-8-20)28-32(30,31)29-15-1-2-19(16-29)24(17-3-9-21(26)10-4-17)18-5-11-22(27)12-6-18/h3-14,28H,1-2,15-16H2. The average molecular weight is 475 g/mol. The zero-order chi connectivity index (χ0) is 22.7. The van der Waals surface area contributed by atoms with Gasteiger partial charge in [0, 0.05) is 23.8 Å². The Morgan fingerprint density at radius 1 is 0.844 bits per heavy atom. The second-order valence-electron chi connectivity index (χ2n) is 7.54. The van der Waals surface area contributed by atoms with E-state index in [1.165, 1.54) is 28.6 Å². The molecular weight excluding hydrogens is 454 g/mol. The minimum atomic E-state index is -3.81. The zero-order valence-electron chi connectivity index (χ0n) is 17.1. The van der Waals surface area contributed by atoms with Gasteiger partial charge in [-0.1, -0.05) is 35.9 Å². The lowest BCUT2D eigenvalue weighted by Gasteiger charge is -2.30. The van der Waals surface area contributed by atoms with Gasteiger partial charge in [0.25, 0.3) is 0 Å². The highest BCUT2D eigenvalue weighted by molar-refractivity contribution is 7.90. The van der Waals surface area contributed by atoms with Crippen LogP contribution < -0.4 is 4.72 Å². The van der Waals surface area contributed by atoms with Gasteiger partial charge in [0.15, 0.2) is 0 Å². The maximum Gasteiger partial charge on any atom is 0.301 e. The predicted molar refractivity (Wildman–Crippen MR) is 124 cm³/mol. The molecule has 1 fully saturated rings. The molecular formula is C24H21ClF2N2O2S. The Bertz CT molecular complexity index is 1180. The van der Waals surface area contributed by atoms with E-state index in [4.69, 9.17) is 11.6 Å². The molecule has 0 radical (unpaired) electrons. The van der Waals surface area contributed by atoms with Crippen molar-refractivity contribution < 1.29 is 17.2 Å². The first kappa shape index (κ1) is 22.5. The molecule has 1 heterocycles. The Morgan fingerprint density at radius 3 is 1.91 bits per heavy atom. The number of nitrogens with one attached hydrogen (secondary N) is 1. The minimum absolute atomic E-state index is 0.174. The van der Waals surface area contributed by atoms with E-state index >= 15 is 0 Å². The smallest absolute Gasteiger partial charge is 0.271 e. The highest BCUT2D eigenvalue weighted by Gasteiger charge is 2.28. The fraction of sp³-hybridized carbons (Fsp3) is 0.167. The molecule has 0 aromatic heterocycles. The van der Waals surface area contributed by atoms with E-state index in [2.05, 4.69) is 4.72 Å². The first-order chi connectivity index (χ1) is 15.3. The van der Waals surface area contributed by atoms with E-state index in [-0.39, 0.29) is 18.2 Å². The van der Waals surface area contributed by atoms with Crippen molar-refractivity contribution in [1.82, 2.24) is 4.31 Å². The third kappa shape index (κ3) is 5.18. The minimum Gasteiger partial charge on any atom is -0.271 e. The maximum absolute atomic E-state index is 13.5. The summed E-state index contributed by atoms with van der Waals surface area (Å²) >= 11 is 5.88. The van der Waals surface area contributed by atoms with E-state index in [0.717, 1.165) is 22.3 Å². The summed E-state index contributed by atoms with van der Waals surface area (Å²) in [5, 5.41) is 0.513. The fourth-order valence-corrected chi connectivity index (χ4v) is 5.17. The van der Waals surface area contributed by atoms with Gasteiger partial charge in [-0.3, -0.25) is 4.72 Å². The van der Waals surface area contributed by atoms with Crippen LogP contribution in [0.25, 0.3) is 5.57 Å². The van der Waals surface area contributed by atoms with E-state index in [1.807, 2.05) is 0 Å². The van der Waals surface area contributed by atoms with E-state index in [0.29, 0.717) is 30.1 Å². The van der Waals surface area contributed by atoms with E-state index < -0.39 is 10.2 Å². The van der Waals surface area contributed by atoms with Crippen molar-refractivity contribution in [3.8, 4) is 0 Å². The molecule has 4 rings (SSSR count). The lowest BCUT2D eigenvalue weighted by molar-refractivity contribution is 0.398. The van der Waals surface area contributed by atoms with Crippen LogP contribution in [-0.4, -0.2) is 25.8 Å². The molecule has 1 aliphatic heterocycles. The number of nitrogens with zero attached hydrogens (tertiary/aromatic N) is 1. The first-order valence-electron chi connectivity index (χ1n) is 10.1. The summed E-state index contributed by atoms with van der Waals surface area (Å²) in [6.45, 7) is 0.541. The van der Waals surface area contributed by atoms with Crippen LogP contribution in [0.1, 0.15) is 24.0 Å². The Balaban J connectivity index is 1.70. The second kappa shape index (κ2) is 9.40. The lowest BCUT2D eigenvalue weighted by Crippen LogP contribution is -2.40. The molecule has 0 aliphatic carbocycles. The van der Waals surface area contributed by atoms with Crippen molar-refractivity contribution >= 4 is 33.1 Å². The molecule has 1 aliphatic rings. The maximum atomic E-state index is 13.5. The summed E-state index contributed by atoms with van der Waals surface area (Å²) in [5.74, 6) is -0.727. The monoisotopic (exact) mass is 474 g/mol. The Labute approximate surface area is 191 Å². The molecule has 0 atom stereocenters. The van der Waals surface area contributed by atoms with Gasteiger partial charge < -0.3 is 0 Å². The summed E-state index contributed by atoms with van der Waals surface area (Å²) in [6.07, 6.45) is 1.31. The van der Waals surface area contributed by atoms with Crippen molar-refractivity contribution in [3.05, 3.63) is 106 Å². The molecule has 0 bridgehead atoms. The number of rotatable bonds is 5. The Kier molecular flexibility index (Phi) is 6.60. The fourth-order valence-electron chi connectivity index (χ4n) is 3.79. The molecule has 166 valence electrons. The van der Waals surface area contributed by atoms with Crippen LogP contribution in [0, 0.1) is 11.6 Å². The van der Waals surface area contributed by atoms with Crippen LogP contribution in [0.15, 0.2) is 78.4 Å². The number of hydrogen-bond acceptors (Lipinski definition) is 2. The normalized spacial score (nSPS) is 14.9.